The molecule has 2 rings (SSSR count). The molecule has 0 saturated heterocycles. The van der Waals surface area contributed by atoms with Crippen LogP contribution in [0.1, 0.15) is 42.1 Å². The Morgan fingerprint density at radius 2 is 1.63 bits per heavy atom. The molecule has 30 heavy (non-hydrogen) atoms. The number of amides is 2. The van der Waals surface area contributed by atoms with Crippen LogP contribution in [0.2, 0.25) is 5.02 Å². The molecule has 0 radical (unpaired) electrons. The third-order valence-corrected chi connectivity index (χ3v) is 7.11. The number of sulfone groups is 1. The van der Waals surface area contributed by atoms with Gasteiger partial charge in [-0.1, -0.05) is 43.5 Å². The van der Waals surface area contributed by atoms with Crippen LogP contribution < -0.4 is 10.9 Å². The highest BCUT2D eigenvalue weighted by atomic mass is 35.5. The zero-order valence-electron chi connectivity index (χ0n) is 16.7. The van der Waals surface area contributed by atoms with Crippen LogP contribution in [0.4, 0.5) is 0 Å². The van der Waals surface area contributed by atoms with Gasteiger partial charge in [-0.25, -0.2) is 8.42 Å². The molecule has 0 saturated carbocycles. The zero-order chi connectivity index (χ0) is 22.0. The summed E-state index contributed by atoms with van der Waals surface area (Å²) in [5, 5.41) is 0.691. The maximum atomic E-state index is 12.2. The van der Waals surface area contributed by atoms with Gasteiger partial charge in [0, 0.05) is 21.2 Å². The van der Waals surface area contributed by atoms with E-state index in [2.05, 4.69) is 10.9 Å². The summed E-state index contributed by atoms with van der Waals surface area (Å²) in [6.07, 6.45) is 2.23. The molecular formula is C21H25ClN2O4S2. The molecule has 0 aliphatic carbocycles. The molecule has 9 heteroatoms. The van der Waals surface area contributed by atoms with E-state index in [4.69, 9.17) is 11.6 Å². The molecule has 0 bridgehead atoms. The van der Waals surface area contributed by atoms with Crippen LogP contribution in [-0.4, -0.2) is 31.7 Å². The van der Waals surface area contributed by atoms with Crippen LogP contribution in [0, 0.1) is 0 Å². The minimum Gasteiger partial charge on any atom is -0.272 e. The highest BCUT2D eigenvalue weighted by molar-refractivity contribution is 7.98. The minimum absolute atomic E-state index is 0.0301. The van der Waals surface area contributed by atoms with E-state index in [1.165, 1.54) is 0 Å². The summed E-state index contributed by atoms with van der Waals surface area (Å²) in [4.78, 5) is 25.1. The Bertz CT molecular complexity index is 946. The molecular weight excluding hydrogens is 444 g/mol. The van der Waals surface area contributed by atoms with E-state index >= 15 is 0 Å². The minimum atomic E-state index is -3.48. The average Bonchev–Trinajstić information content (AvgIpc) is 2.72. The topological polar surface area (TPSA) is 92.3 Å². The first-order chi connectivity index (χ1) is 14.3. The van der Waals surface area contributed by atoms with Crippen molar-refractivity contribution in [3.8, 4) is 0 Å². The number of carbonyl (C=O) groups is 2. The van der Waals surface area contributed by atoms with E-state index in [0.717, 1.165) is 29.1 Å². The number of hydrogen-bond acceptors (Lipinski definition) is 5. The fraction of sp³-hybridized carbons (Fsp3) is 0.333. The molecule has 0 heterocycles. The second-order valence-electron chi connectivity index (χ2n) is 6.74. The molecule has 0 aromatic heterocycles. The number of halogens is 1. The Kier molecular flexibility index (Phi) is 9.68. The standard InChI is InChI=1S/C21H25ClN2O4S2/c1-2-3-4-13-30(27,28)15-20(25)23-24-21(26)17-7-5-16(6-8-17)14-29-19-11-9-18(22)10-12-19/h5-12H,2-4,13-15H2,1H3,(H,23,25)(H,24,26). The van der Waals surface area contributed by atoms with Crippen molar-refractivity contribution in [3.05, 3.63) is 64.7 Å². The lowest BCUT2D eigenvalue weighted by Crippen LogP contribution is -2.44. The van der Waals surface area contributed by atoms with Crippen LogP contribution in [0.5, 0.6) is 0 Å². The first-order valence-corrected chi connectivity index (χ1v) is 12.7. The van der Waals surface area contributed by atoms with Crippen molar-refractivity contribution in [2.45, 2.75) is 36.8 Å². The van der Waals surface area contributed by atoms with Gasteiger partial charge in [0.25, 0.3) is 11.8 Å². The number of unbranched alkanes of at least 4 members (excludes halogenated alkanes) is 2. The van der Waals surface area contributed by atoms with Gasteiger partial charge in [-0.05, 0) is 48.4 Å². The lowest BCUT2D eigenvalue weighted by Gasteiger charge is -2.09. The Morgan fingerprint density at radius 1 is 0.967 bits per heavy atom. The van der Waals surface area contributed by atoms with Crippen LogP contribution in [0.15, 0.2) is 53.4 Å². The number of hydrazine groups is 1. The molecule has 2 aromatic carbocycles. The Hall–Kier alpha value is -2.03. The SMILES string of the molecule is CCCCCS(=O)(=O)CC(=O)NNC(=O)c1ccc(CSc2ccc(Cl)cc2)cc1. The highest BCUT2D eigenvalue weighted by Gasteiger charge is 2.17. The molecule has 2 N–H and O–H groups in total. The Morgan fingerprint density at radius 3 is 2.27 bits per heavy atom. The average molecular weight is 469 g/mol. The first kappa shape index (κ1) is 24.2. The van der Waals surface area contributed by atoms with Crippen LogP contribution >= 0.6 is 23.4 Å². The van der Waals surface area contributed by atoms with Crippen molar-refractivity contribution in [3.63, 3.8) is 0 Å². The van der Waals surface area contributed by atoms with Crippen LogP contribution in [0.25, 0.3) is 0 Å². The Balaban J connectivity index is 1.78. The van der Waals surface area contributed by atoms with Crippen molar-refractivity contribution in [2.24, 2.45) is 0 Å². The molecule has 0 aliphatic heterocycles. The maximum Gasteiger partial charge on any atom is 0.269 e. The summed E-state index contributed by atoms with van der Waals surface area (Å²) in [5.41, 5.74) is 5.81. The number of rotatable bonds is 10. The lowest BCUT2D eigenvalue weighted by molar-refractivity contribution is -0.119. The lowest BCUT2D eigenvalue weighted by atomic mass is 10.1. The van der Waals surface area contributed by atoms with E-state index in [9.17, 15) is 18.0 Å². The second-order valence-corrected chi connectivity index (χ2v) is 10.4. The van der Waals surface area contributed by atoms with Crippen molar-refractivity contribution >= 4 is 45.0 Å². The molecule has 0 aliphatic rings. The van der Waals surface area contributed by atoms with Crippen molar-refractivity contribution in [1.29, 1.82) is 0 Å². The number of hydrogen-bond donors (Lipinski definition) is 2. The smallest absolute Gasteiger partial charge is 0.269 e. The number of thioether (sulfide) groups is 1. The second kappa shape index (κ2) is 12.0. The van der Waals surface area contributed by atoms with E-state index in [0.29, 0.717) is 17.0 Å². The monoisotopic (exact) mass is 468 g/mol. The predicted molar refractivity (Wildman–Crippen MR) is 121 cm³/mol. The van der Waals surface area contributed by atoms with Gasteiger partial charge in [0.2, 0.25) is 0 Å². The summed E-state index contributed by atoms with van der Waals surface area (Å²) in [6.45, 7) is 1.97. The number of carbonyl (C=O) groups excluding carboxylic acids is 2. The Labute approximate surface area is 186 Å². The summed E-state index contributed by atoms with van der Waals surface area (Å²) in [6, 6.07) is 14.5. The van der Waals surface area contributed by atoms with Crippen LogP contribution in [0.3, 0.4) is 0 Å². The third kappa shape index (κ3) is 8.77. The molecule has 0 spiro atoms. The molecule has 0 fully saturated rings. The molecule has 0 atom stereocenters. The van der Waals surface area contributed by atoms with Crippen molar-refractivity contribution < 1.29 is 18.0 Å². The summed E-state index contributed by atoms with van der Waals surface area (Å²) in [5.74, 6) is -1.20. The number of benzene rings is 2. The summed E-state index contributed by atoms with van der Waals surface area (Å²) >= 11 is 7.52. The predicted octanol–water partition coefficient (Wildman–Crippen LogP) is 4.00. The van der Waals surface area contributed by atoms with Gasteiger partial charge in [0.15, 0.2) is 9.84 Å². The van der Waals surface area contributed by atoms with Crippen molar-refractivity contribution in [1.82, 2.24) is 10.9 Å². The van der Waals surface area contributed by atoms with Gasteiger partial charge in [-0.3, -0.25) is 20.4 Å². The fourth-order valence-electron chi connectivity index (χ4n) is 2.53. The summed E-state index contributed by atoms with van der Waals surface area (Å²) in [7, 11) is -3.48. The number of nitrogens with one attached hydrogen (secondary N) is 2. The van der Waals surface area contributed by atoms with Crippen molar-refractivity contribution in [2.75, 3.05) is 11.5 Å². The molecule has 0 unspecified atom stereocenters. The first-order valence-electron chi connectivity index (χ1n) is 9.56. The van der Waals surface area contributed by atoms with Gasteiger partial charge in [-0.2, -0.15) is 0 Å². The van der Waals surface area contributed by atoms with Gasteiger partial charge < -0.3 is 0 Å². The highest BCUT2D eigenvalue weighted by Crippen LogP contribution is 2.24. The van der Waals surface area contributed by atoms with E-state index in [1.807, 2.05) is 43.3 Å². The van der Waals surface area contributed by atoms with E-state index < -0.39 is 27.4 Å². The van der Waals surface area contributed by atoms with Gasteiger partial charge >= 0.3 is 0 Å². The van der Waals surface area contributed by atoms with E-state index in [-0.39, 0.29) is 5.75 Å². The fourth-order valence-corrected chi connectivity index (χ4v) is 4.77. The van der Waals surface area contributed by atoms with Gasteiger partial charge in [0.1, 0.15) is 5.75 Å². The van der Waals surface area contributed by atoms with E-state index in [1.54, 1.807) is 23.9 Å². The molecule has 6 nitrogen and oxygen atoms in total. The van der Waals surface area contributed by atoms with Gasteiger partial charge in [0.05, 0.1) is 5.75 Å². The maximum absolute atomic E-state index is 12.2. The normalized spacial score (nSPS) is 11.1. The zero-order valence-corrected chi connectivity index (χ0v) is 19.1. The van der Waals surface area contributed by atoms with Crippen LogP contribution in [-0.2, 0) is 20.4 Å². The molecule has 162 valence electrons. The summed E-state index contributed by atoms with van der Waals surface area (Å²) < 4.78 is 23.7. The largest absolute Gasteiger partial charge is 0.272 e. The molecule has 2 amide bonds. The van der Waals surface area contributed by atoms with Gasteiger partial charge in [-0.15, -0.1) is 11.8 Å². The third-order valence-electron chi connectivity index (χ3n) is 4.16. The molecule has 2 aromatic rings. The quantitative estimate of drug-likeness (QED) is 0.312.